The first-order chi connectivity index (χ1) is 10.7. The Balaban J connectivity index is 2.65. The van der Waals surface area contributed by atoms with Crippen LogP contribution in [0.2, 0.25) is 0 Å². The second-order valence-electron chi connectivity index (χ2n) is 5.49. The maximum absolute atomic E-state index is 12.5. The molecule has 0 fully saturated rings. The van der Waals surface area contributed by atoms with Gasteiger partial charge in [0.15, 0.2) is 11.6 Å². The van der Waals surface area contributed by atoms with Gasteiger partial charge in [0.25, 0.3) is 0 Å². The van der Waals surface area contributed by atoms with Gasteiger partial charge in [0.1, 0.15) is 23.4 Å². The molecule has 0 N–H and O–H groups in total. The molecule has 0 aliphatic heterocycles. The predicted molar refractivity (Wildman–Crippen MR) is 76.0 cm³/mol. The van der Waals surface area contributed by atoms with Crippen LogP contribution in [0.15, 0.2) is 24.3 Å². The summed E-state index contributed by atoms with van der Waals surface area (Å²) in [5, 5.41) is 0. The van der Waals surface area contributed by atoms with Crippen LogP contribution in [-0.2, 0) is 33.4 Å². The van der Waals surface area contributed by atoms with Gasteiger partial charge < -0.3 is 9.47 Å². The van der Waals surface area contributed by atoms with Crippen molar-refractivity contribution in [3.63, 3.8) is 0 Å². The average Bonchev–Trinajstić information content (AvgIpc) is 2.43. The highest BCUT2D eigenvalue weighted by atomic mass is 16.6. The molecule has 0 heterocycles. The van der Waals surface area contributed by atoms with Gasteiger partial charge in [0, 0.05) is 13.8 Å². The van der Waals surface area contributed by atoms with E-state index < -0.39 is 52.8 Å². The minimum atomic E-state index is -1.91. The van der Waals surface area contributed by atoms with Gasteiger partial charge in [-0.25, -0.2) is 0 Å². The number of fused-ring (bicyclic) bond motifs is 1. The molecule has 23 heavy (non-hydrogen) atoms. The van der Waals surface area contributed by atoms with Crippen molar-refractivity contribution in [2.75, 3.05) is 0 Å². The summed E-state index contributed by atoms with van der Waals surface area (Å²) in [6.45, 7) is 3.45. The fourth-order valence-corrected chi connectivity index (χ4v) is 3.19. The van der Waals surface area contributed by atoms with Gasteiger partial charge in [-0.3, -0.25) is 24.0 Å². The molecule has 0 saturated heterocycles. The molecule has 0 spiro atoms. The van der Waals surface area contributed by atoms with Gasteiger partial charge in [-0.2, -0.15) is 0 Å². The van der Waals surface area contributed by atoms with Crippen LogP contribution in [0.3, 0.4) is 0 Å². The smallest absolute Gasteiger partial charge is 0.303 e. The number of carbonyl (C=O) groups is 5. The number of esters is 2. The lowest BCUT2D eigenvalue weighted by atomic mass is 9.57. The van der Waals surface area contributed by atoms with E-state index in [0.29, 0.717) is 0 Å². The summed E-state index contributed by atoms with van der Waals surface area (Å²) in [7, 11) is 0. The number of Topliss-reactive ketones (excluding diaryl/α,β-unsaturated/α-hetero) is 1. The lowest BCUT2D eigenvalue weighted by Crippen LogP contribution is -2.62. The molecule has 122 valence electrons. The number of rotatable bonds is 3. The second kappa shape index (κ2) is 5.91. The Labute approximate surface area is 132 Å². The zero-order valence-electron chi connectivity index (χ0n) is 12.9. The van der Waals surface area contributed by atoms with Gasteiger partial charge in [0.2, 0.25) is 0 Å². The minimum Gasteiger partial charge on any atom is -0.457 e. The van der Waals surface area contributed by atoms with Crippen LogP contribution in [0.5, 0.6) is 0 Å². The molecule has 0 aromatic heterocycles. The van der Waals surface area contributed by atoms with Crippen LogP contribution in [-0.4, -0.2) is 41.5 Å². The molecular weight excluding hydrogens is 304 g/mol. The maximum atomic E-state index is 12.5. The minimum absolute atomic E-state index is 0.535. The van der Waals surface area contributed by atoms with E-state index in [9.17, 15) is 24.0 Å². The third-order valence-electron chi connectivity index (χ3n) is 4.03. The van der Waals surface area contributed by atoms with Crippen molar-refractivity contribution in [1.82, 2.24) is 0 Å². The second-order valence-corrected chi connectivity index (χ2v) is 5.49. The van der Waals surface area contributed by atoms with E-state index in [1.165, 1.54) is 12.2 Å². The van der Waals surface area contributed by atoms with E-state index in [1.807, 2.05) is 0 Å². The molecule has 7 nitrogen and oxygen atoms in total. The van der Waals surface area contributed by atoms with Crippen molar-refractivity contribution >= 4 is 29.3 Å². The van der Waals surface area contributed by atoms with E-state index in [-0.39, 0.29) is 0 Å². The van der Waals surface area contributed by atoms with Gasteiger partial charge in [-0.15, -0.1) is 0 Å². The zero-order chi connectivity index (χ0) is 17.4. The normalized spacial score (nSPS) is 32.2. The van der Waals surface area contributed by atoms with Crippen LogP contribution in [0, 0.1) is 11.3 Å². The summed E-state index contributed by atoms with van der Waals surface area (Å²) >= 11 is 0. The highest BCUT2D eigenvalue weighted by Crippen LogP contribution is 2.46. The first kappa shape index (κ1) is 16.8. The molecular formula is C16H16O7. The fourth-order valence-electron chi connectivity index (χ4n) is 3.19. The van der Waals surface area contributed by atoms with Gasteiger partial charge in [0.05, 0.1) is 5.92 Å². The molecule has 0 saturated carbocycles. The first-order valence-corrected chi connectivity index (χ1v) is 7.01. The molecule has 0 aromatic rings. The Hall–Kier alpha value is -2.57. The lowest BCUT2D eigenvalue weighted by Gasteiger charge is -2.45. The van der Waals surface area contributed by atoms with Crippen LogP contribution in [0.25, 0.3) is 0 Å². The lowest BCUT2D eigenvalue weighted by molar-refractivity contribution is -0.174. The average molecular weight is 320 g/mol. The first-order valence-electron chi connectivity index (χ1n) is 7.01. The largest absolute Gasteiger partial charge is 0.457 e. The molecule has 0 radical (unpaired) electrons. The predicted octanol–water partition coefficient (Wildman–Crippen LogP) is 0.319. The summed E-state index contributed by atoms with van der Waals surface area (Å²) in [5.74, 6) is -4.42. The van der Waals surface area contributed by atoms with Gasteiger partial charge in [-0.05, 0) is 31.2 Å². The van der Waals surface area contributed by atoms with E-state index >= 15 is 0 Å². The van der Waals surface area contributed by atoms with E-state index in [1.54, 1.807) is 0 Å². The monoisotopic (exact) mass is 320 g/mol. The summed E-state index contributed by atoms with van der Waals surface area (Å²) in [4.78, 5) is 59.8. The van der Waals surface area contributed by atoms with Crippen LogP contribution >= 0.6 is 0 Å². The summed E-state index contributed by atoms with van der Waals surface area (Å²) in [6.07, 6.45) is 2.43. The highest BCUT2D eigenvalue weighted by Gasteiger charge is 2.63. The van der Waals surface area contributed by atoms with Crippen molar-refractivity contribution < 1.29 is 33.4 Å². The number of carbonyl (C=O) groups excluding carboxylic acids is 5. The van der Waals surface area contributed by atoms with Crippen LogP contribution in [0.4, 0.5) is 0 Å². The Kier molecular flexibility index (Phi) is 4.31. The number of hydrogen-bond acceptors (Lipinski definition) is 7. The Morgan fingerprint density at radius 1 is 0.957 bits per heavy atom. The van der Waals surface area contributed by atoms with E-state index in [0.717, 1.165) is 32.9 Å². The maximum Gasteiger partial charge on any atom is 0.303 e. The number of allylic oxidation sites excluding steroid dienone is 2. The molecule has 0 amide bonds. The molecule has 0 bridgehead atoms. The zero-order valence-corrected chi connectivity index (χ0v) is 12.9. The molecule has 0 aromatic carbocycles. The van der Waals surface area contributed by atoms with Gasteiger partial charge >= 0.3 is 11.9 Å². The summed E-state index contributed by atoms with van der Waals surface area (Å²) < 4.78 is 10.2. The van der Waals surface area contributed by atoms with Crippen LogP contribution in [0.1, 0.15) is 20.8 Å². The molecule has 2 aliphatic carbocycles. The van der Waals surface area contributed by atoms with Crippen molar-refractivity contribution in [3.05, 3.63) is 24.3 Å². The Bertz CT molecular complexity index is 657. The quantitative estimate of drug-likeness (QED) is 0.419. The van der Waals surface area contributed by atoms with Gasteiger partial charge in [-0.1, -0.05) is 0 Å². The SMILES string of the molecule is CC(=O)O[C@H]1C=C[C@@H](OC(C)=O)[C@@]2(C(C)=O)C(=O)C=CC(=O)[C@@H]12. The molecule has 2 rings (SSSR count). The molecule has 4 atom stereocenters. The number of hydrogen-bond donors (Lipinski definition) is 0. The fraction of sp³-hybridized carbons (Fsp3) is 0.438. The van der Waals surface area contributed by atoms with E-state index in [2.05, 4.69) is 0 Å². The Morgan fingerprint density at radius 2 is 1.57 bits per heavy atom. The van der Waals surface area contributed by atoms with Crippen molar-refractivity contribution in [3.8, 4) is 0 Å². The highest BCUT2D eigenvalue weighted by molar-refractivity contribution is 6.20. The van der Waals surface area contributed by atoms with Crippen molar-refractivity contribution in [1.29, 1.82) is 0 Å². The summed E-state index contributed by atoms with van der Waals surface area (Å²) in [6, 6.07) is 0. The summed E-state index contributed by atoms with van der Waals surface area (Å²) in [5.41, 5.74) is -1.91. The van der Waals surface area contributed by atoms with Crippen molar-refractivity contribution in [2.45, 2.75) is 33.0 Å². The standard InChI is InChI=1S/C16H16O7/c1-8(17)16-13(21)6-4-11(20)15(16)12(22-9(2)18)5-7-14(16)23-10(3)19/h4-7,12,14-15H,1-3H3/t12-,14+,15-,16+/m0/s1. The third kappa shape index (κ3) is 2.62. The van der Waals surface area contributed by atoms with Crippen LogP contribution < -0.4 is 0 Å². The number of ether oxygens (including phenoxy) is 2. The Morgan fingerprint density at radius 3 is 2.09 bits per heavy atom. The number of ketones is 3. The van der Waals surface area contributed by atoms with Crippen molar-refractivity contribution in [2.24, 2.45) is 11.3 Å². The molecule has 7 heteroatoms. The molecule has 2 aliphatic rings. The topological polar surface area (TPSA) is 104 Å². The molecule has 0 unspecified atom stereocenters. The third-order valence-corrected chi connectivity index (χ3v) is 4.03. The van der Waals surface area contributed by atoms with E-state index in [4.69, 9.17) is 9.47 Å².